The van der Waals surface area contributed by atoms with Gasteiger partial charge in [-0.1, -0.05) is 56.5 Å². The molecule has 1 rings (SSSR count). The van der Waals surface area contributed by atoms with Crippen molar-refractivity contribution in [3.63, 3.8) is 0 Å². The lowest BCUT2D eigenvalue weighted by molar-refractivity contribution is 0.515. The van der Waals surface area contributed by atoms with Crippen LogP contribution in [0, 0.1) is 11.3 Å². The molecule has 0 aliphatic heterocycles. The van der Waals surface area contributed by atoms with Crippen LogP contribution < -0.4 is 5.32 Å². The predicted molar refractivity (Wildman–Crippen MR) is 71.6 cm³/mol. The molecule has 1 aromatic rings. The third-order valence-corrected chi connectivity index (χ3v) is 2.92. The van der Waals surface area contributed by atoms with Gasteiger partial charge in [-0.25, -0.2) is 0 Å². The molecule has 0 saturated carbocycles. The summed E-state index contributed by atoms with van der Waals surface area (Å²) in [6, 6.07) is 12.7. The maximum absolute atomic E-state index is 8.85. The van der Waals surface area contributed by atoms with E-state index in [1.165, 1.54) is 31.2 Å². The van der Waals surface area contributed by atoms with Crippen molar-refractivity contribution in [3.05, 3.63) is 35.9 Å². The summed E-state index contributed by atoms with van der Waals surface area (Å²) in [6.07, 6.45) is 5.58. The van der Waals surface area contributed by atoms with Gasteiger partial charge in [0.2, 0.25) is 0 Å². The van der Waals surface area contributed by atoms with Gasteiger partial charge in [-0.05, 0) is 18.5 Å². The number of nitriles is 1. The molecule has 2 heteroatoms. The van der Waals surface area contributed by atoms with Crippen molar-refractivity contribution in [1.82, 2.24) is 5.32 Å². The lowest BCUT2D eigenvalue weighted by Gasteiger charge is -2.16. The number of unbranched alkanes of at least 4 members (excludes halogenated alkanes) is 3. The maximum atomic E-state index is 8.85. The predicted octanol–water partition coefficient (Wildman–Crippen LogP) is 3.81. The number of benzene rings is 1. The van der Waals surface area contributed by atoms with Gasteiger partial charge < -0.3 is 5.32 Å². The van der Waals surface area contributed by atoms with Gasteiger partial charge >= 0.3 is 0 Å². The molecular formula is C15H22N2. The molecule has 0 aromatic heterocycles. The molecule has 0 radical (unpaired) electrons. The zero-order valence-electron chi connectivity index (χ0n) is 10.7. The Balaban J connectivity index is 2.37. The molecule has 1 atom stereocenters. The van der Waals surface area contributed by atoms with Crippen molar-refractivity contribution in [1.29, 1.82) is 5.26 Å². The molecule has 0 heterocycles. The molecule has 0 amide bonds. The summed E-state index contributed by atoms with van der Waals surface area (Å²) >= 11 is 0. The zero-order valence-corrected chi connectivity index (χ0v) is 10.7. The summed E-state index contributed by atoms with van der Waals surface area (Å²) in [4.78, 5) is 0. The van der Waals surface area contributed by atoms with Gasteiger partial charge in [-0.2, -0.15) is 5.26 Å². The fourth-order valence-corrected chi connectivity index (χ4v) is 1.91. The van der Waals surface area contributed by atoms with E-state index in [2.05, 4.69) is 30.4 Å². The molecule has 0 saturated heterocycles. The Bertz CT molecular complexity index is 327. The van der Waals surface area contributed by atoms with Gasteiger partial charge in [0.1, 0.15) is 0 Å². The first-order valence-corrected chi connectivity index (χ1v) is 6.53. The highest BCUT2D eigenvalue weighted by molar-refractivity contribution is 5.19. The second-order valence-corrected chi connectivity index (χ2v) is 4.34. The van der Waals surface area contributed by atoms with Gasteiger partial charge in [0.15, 0.2) is 0 Å². The lowest BCUT2D eigenvalue weighted by atomic mass is 10.0. The van der Waals surface area contributed by atoms with Gasteiger partial charge in [0, 0.05) is 6.04 Å². The molecule has 0 fully saturated rings. The number of hydrogen-bond donors (Lipinski definition) is 1. The van der Waals surface area contributed by atoms with Gasteiger partial charge in [0.25, 0.3) is 0 Å². The van der Waals surface area contributed by atoms with Crippen LogP contribution in [0.5, 0.6) is 0 Å². The van der Waals surface area contributed by atoms with Crippen molar-refractivity contribution in [3.8, 4) is 6.07 Å². The molecule has 1 unspecified atom stereocenters. The average molecular weight is 230 g/mol. The number of hydrogen-bond acceptors (Lipinski definition) is 2. The molecule has 92 valence electrons. The molecule has 0 aliphatic rings. The van der Waals surface area contributed by atoms with Crippen LogP contribution in [0.1, 0.15) is 50.6 Å². The van der Waals surface area contributed by atoms with E-state index >= 15 is 0 Å². The normalized spacial score (nSPS) is 12.0. The summed E-state index contributed by atoms with van der Waals surface area (Å²) in [7, 11) is 0. The molecule has 0 spiro atoms. The Labute approximate surface area is 105 Å². The summed E-state index contributed by atoms with van der Waals surface area (Å²) in [6.45, 7) is 3.22. The quantitative estimate of drug-likeness (QED) is 0.689. The van der Waals surface area contributed by atoms with Crippen LogP contribution in [0.15, 0.2) is 30.3 Å². The largest absolute Gasteiger partial charge is 0.309 e. The highest BCUT2D eigenvalue weighted by Gasteiger charge is 2.08. The summed E-state index contributed by atoms with van der Waals surface area (Å²) in [5, 5.41) is 12.3. The Morgan fingerprint density at radius 2 is 1.94 bits per heavy atom. The monoisotopic (exact) mass is 230 g/mol. The molecule has 1 N–H and O–H groups in total. The van der Waals surface area contributed by atoms with Crippen LogP contribution in [0.2, 0.25) is 0 Å². The minimum absolute atomic E-state index is 0.183. The third-order valence-electron chi connectivity index (χ3n) is 2.92. The fourth-order valence-electron chi connectivity index (χ4n) is 1.91. The molecule has 2 nitrogen and oxygen atoms in total. The number of nitrogens with one attached hydrogen (secondary N) is 1. The van der Waals surface area contributed by atoms with E-state index in [0.29, 0.717) is 6.42 Å². The standard InChI is InChI=1S/C15H22N2/c1-2-3-4-8-13-17-15(11-12-16)14-9-6-5-7-10-14/h5-7,9-10,15,17H,2-4,8,11,13H2,1H3. The second-order valence-electron chi connectivity index (χ2n) is 4.34. The fraction of sp³-hybridized carbons (Fsp3) is 0.533. The molecular weight excluding hydrogens is 208 g/mol. The third kappa shape index (κ3) is 5.51. The van der Waals surface area contributed by atoms with Crippen molar-refractivity contribution < 1.29 is 0 Å². The van der Waals surface area contributed by atoms with E-state index < -0.39 is 0 Å². The van der Waals surface area contributed by atoms with Crippen molar-refractivity contribution >= 4 is 0 Å². The van der Waals surface area contributed by atoms with Gasteiger partial charge in [0.05, 0.1) is 12.5 Å². The zero-order chi connectivity index (χ0) is 12.3. The van der Waals surface area contributed by atoms with Crippen LogP contribution in [-0.2, 0) is 0 Å². The van der Waals surface area contributed by atoms with E-state index in [1.54, 1.807) is 0 Å². The van der Waals surface area contributed by atoms with E-state index in [4.69, 9.17) is 5.26 Å². The van der Waals surface area contributed by atoms with E-state index in [0.717, 1.165) is 6.54 Å². The molecule has 1 aromatic carbocycles. The first kappa shape index (κ1) is 13.7. The second kappa shape index (κ2) is 8.78. The van der Waals surface area contributed by atoms with Crippen LogP contribution in [0.4, 0.5) is 0 Å². The minimum Gasteiger partial charge on any atom is -0.309 e. The SMILES string of the molecule is CCCCCCNC(CC#N)c1ccccc1. The Hall–Kier alpha value is -1.33. The Morgan fingerprint density at radius 3 is 2.59 bits per heavy atom. The number of rotatable bonds is 8. The topological polar surface area (TPSA) is 35.8 Å². The van der Waals surface area contributed by atoms with Gasteiger partial charge in [-0.3, -0.25) is 0 Å². The highest BCUT2D eigenvalue weighted by Crippen LogP contribution is 2.15. The molecule has 17 heavy (non-hydrogen) atoms. The summed E-state index contributed by atoms with van der Waals surface area (Å²) in [5.41, 5.74) is 1.21. The first-order valence-electron chi connectivity index (χ1n) is 6.53. The number of nitrogens with zero attached hydrogens (tertiary/aromatic N) is 1. The summed E-state index contributed by atoms with van der Waals surface area (Å²) < 4.78 is 0. The Kier molecular flexibility index (Phi) is 7.09. The van der Waals surface area contributed by atoms with Crippen molar-refractivity contribution in [2.75, 3.05) is 6.54 Å². The van der Waals surface area contributed by atoms with Gasteiger partial charge in [-0.15, -0.1) is 0 Å². The van der Waals surface area contributed by atoms with E-state index in [1.807, 2.05) is 18.2 Å². The van der Waals surface area contributed by atoms with E-state index in [-0.39, 0.29) is 6.04 Å². The minimum atomic E-state index is 0.183. The van der Waals surface area contributed by atoms with Crippen LogP contribution in [0.25, 0.3) is 0 Å². The molecule has 0 aliphatic carbocycles. The van der Waals surface area contributed by atoms with Crippen LogP contribution in [0.3, 0.4) is 0 Å². The Morgan fingerprint density at radius 1 is 1.18 bits per heavy atom. The van der Waals surface area contributed by atoms with E-state index in [9.17, 15) is 0 Å². The summed E-state index contributed by atoms with van der Waals surface area (Å²) in [5.74, 6) is 0. The van der Waals surface area contributed by atoms with Crippen LogP contribution >= 0.6 is 0 Å². The van der Waals surface area contributed by atoms with Crippen molar-refractivity contribution in [2.45, 2.75) is 45.1 Å². The first-order chi connectivity index (χ1) is 8.38. The molecule has 0 bridgehead atoms. The lowest BCUT2D eigenvalue weighted by Crippen LogP contribution is -2.22. The van der Waals surface area contributed by atoms with Crippen LogP contribution in [-0.4, -0.2) is 6.54 Å². The highest BCUT2D eigenvalue weighted by atomic mass is 14.9. The maximum Gasteiger partial charge on any atom is 0.0641 e. The average Bonchev–Trinajstić information content (AvgIpc) is 2.38. The van der Waals surface area contributed by atoms with Crippen molar-refractivity contribution in [2.24, 2.45) is 0 Å². The smallest absolute Gasteiger partial charge is 0.0641 e.